The number of carbonyl (C=O) groups excluding carboxylic acids is 2. The molecule has 0 aromatic heterocycles. The number of ether oxygens (including phenoxy) is 2. The first-order chi connectivity index (χ1) is 17.1. The topological polar surface area (TPSA) is 147 Å². The third-order valence-corrected chi connectivity index (χ3v) is 10.6. The Labute approximate surface area is 254 Å². The Kier molecular flexibility index (Phi) is 15.2. The average Bonchev–Trinajstić information content (AvgIpc) is 3.60. The number of aliphatic hydroxyl groups excluding tert-OH is 1. The van der Waals surface area contributed by atoms with Crippen molar-refractivity contribution in [2.75, 3.05) is 13.2 Å². The van der Waals surface area contributed by atoms with E-state index in [1.54, 1.807) is 6.92 Å². The molecule has 1 heterocycles. The van der Waals surface area contributed by atoms with Crippen LogP contribution in [0, 0.1) is 76.9 Å². The molecule has 9 heteroatoms. The van der Waals surface area contributed by atoms with Gasteiger partial charge in [0.25, 0.3) is 0 Å². The number of aliphatic carboxylic acids is 2. The molecule has 13 atom stereocenters. The lowest BCUT2D eigenvalue weighted by Gasteiger charge is -2.47. The van der Waals surface area contributed by atoms with E-state index < -0.39 is 53.5 Å². The van der Waals surface area contributed by atoms with E-state index in [1.807, 2.05) is 0 Å². The highest BCUT2D eigenvalue weighted by Crippen LogP contribution is 2.69. The van der Waals surface area contributed by atoms with E-state index >= 15 is 0 Å². The number of fused-ring (bicyclic) bond motifs is 4. The molecule has 13 unspecified atom stereocenters. The van der Waals surface area contributed by atoms with Gasteiger partial charge in [0.15, 0.2) is 0 Å². The van der Waals surface area contributed by atoms with Crippen LogP contribution in [0.5, 0.6) is 0 Å². The molecule has 1 saturated heterocycles. The third-order valence-electron chi connectivity index (χ3n) is 10.6. The summed E-state index contributed by atoms with van der Waals surface area (Å²) in [6.07, 6.45) is 2.82. The number of carbonyl (C=O) groups is 4. The monoisotopic (exact) mass is 600 g/mol. The van der Waals surface area contributed by atoms with Crippen LogP contribution < -0.4 is 0 Å². The van der Waals surface area contributed by atoms with Crippen molar-refractivity contribution in [3.8, 4) is 0 Å². The first-order valence-electron chi connectivity index (χ1n) is 13.2. The predicted molar refractivity (Wildman–Crippen MR) is 164 cm³/mol. The van der Waals surface area contributed by atoms with Crippen LogP contribution in [0.3, 0.4) is 0 Å². The lowest BCUT2D eigenvalue weighted by molar-refractivity contribution is -0.163. The second kappa shape index (κ2) is 15.3. The molecule has 0 aromatic rings. The number of rotatable bonds is 9. The second-order valence-electron chi connectivity index (χ2n) is 11.8. The number of aliphatic hydroxyl groups is 1. The van der Waals surface area contributed by atoms with Crippen molar-refractivity contribution in [2.45, 2.75) is 84.1 Å². The van der Waals surface area contributed by atoms with Crippen LogP contribution in [0.1, 0.15) is 84.1 Å². The number of carboxylic acids is 2. The summed E-state index contributed by atoms with van der Waals surface area (Å²) >= 11 is 0. The maximum atomic E-state index is 12.9. The Morgan fingerprint density at radius 3 is 1.83 bits per heavy atom. The zero-order valence-electron chi connectivity index (χ0n) is 20.7. The Bertz CT molecular complexity index is 975. The first kappa shape index (κ1) is 41.7. The van der Waals surface area contributed by atoms with E-state index in [0.717, 1.165) is 18.6 Å². The van der Waals surface area contributed by atoms with Gasteiger partial charge in [-0.1, -0.05) is 65.0 Å². The largest absolute Gasteiger partial charge is 0.498 e. The Morgan fingerprint density at radius 1 is 0.833 bits per heavy atom. The molecular weight excluding hydrogens is 540 g/mol. The van der Waals surface area contributed by atoms with E-state index in [1.165, 1.54) is 0 Å². The predicted octanol–water partition coefficient (Wildman–Crippen LogP) is 6.24. The highest BCUT2D eigenvalue weighted by molar-refractivity contribution is 5.96. The normalized spacial score (nSPS) is 40.1. The number of hydrogen-bond donors (Lipinski definition) is 3. The molecule has 4 saturated carbocycles. The molecule has 0 radical (unpaired) electrons. The van der Waals surface area contributed by atoms with Gasteiger partial charge in [0.2, 0.25) is 0 Å². The Morgan fingerprint density at radius 2 is 1.38 bits per heavy atom. The summed E-state index contributed by atoms with van der Waals surface area (Å²) in [5.41, 5.74) is 0. The van der Waals surface area contributed by atoms with Gasteiger partial charge < -0.3 is 24.8 Å². The molecule has 246 valence electrons. The zero-order valence-corrected chi connectivity index (χ0v) is 20.7. The van der Waals surface area contributed by atoms with Crippen molar-refractivity contribution in [1.29, 1.82) is 0 Å². The number of allylic oxidation sites excluding steroid dienone is 1. The van der Waals surface area contributed by atoms with E-state index in [-0.39, 0.29) is 86.7 Å². The summed E-state index contributed by atoms with van der Waals surface area (Å²) in [6.45, 7) is 8.47. The highest BCUT2D eigenvalue weighted by Gasteiger charge is 2.70. The van der Waals surface area contributed by atoms with Crippen molar-refractivity contribution >= 4 is 23.9 Å². The van der Waals surface area contributed by atoms with Gasteiger partial charge in [-0.25, -0.2) is 0 Å². The van der Waals surface area contributed by atoms with Crippen LogP contribution >= 0.6 is 0 Å². The van der Waals surface area contributed by atoms with Gasteiger partial charge in [-0.05, 0) is 66.6 Å². The Hall–Kier alpha value is -2.42. The van der Waals surface area contributed by atoms with E-state index in [4.69, 9.17) is 14.6 Å². The molecule has 0 spiro atoms. The van der Waals surface area contributed by atoms with Crippen molar-refractivity contribution in [3.63, 3.8) is 0 Å². The van der Waals surface area contributed by atoms with Crippen LogP contribution in [-0.4, -0.2) is 52.4 Å². The van der Waals surface area contributed by atoms with Crippen LogP contribution in [0.25, 0.3) is 0 Å². The summed E-state index contributed by atoms with van der Waals surface area (Å²) in [7, 11) is 0. The van der Waals surface area contributed by atoms with Gasteiger partial charge in [0.1, 0.15) is 0 Å². The van der Waals surface area contributed by atoms with Crippen LogP contribution in [0.2, 0.25) is 0 Å². The highest BCUT2D eigenvalue weighted by atomic mass is 16.6. The van der Waals surface area contributed by atoms with Crippen LogP contribution in [-0.2, 0) is 28.7 Å². The molecule has 0 aromatic carbocycles. The Balaban J connectivity index is 0. The fourth-order valence-corrected chi connectivity index (χ4v) is 9.46. The molecule has 5 fully saturated rings. The lowest BCUT2D eigenvalue weighted by atomic mass is 9.55. The summed E-state index contributed by atoms with van der Waals surface area (Å²) in [6, 6.07) is 0. The number of esters is 2. The molecule has 4 aliphatic carbocycles. The summed E-state index contributed by atoms with van der Waals surface area (Å²) in [5.74, 6) is -6.28. The SMILES string of the molecule is C.C.C.C.C.C.C=C(OCCCO)C1CC2CC1C(C)C2C1C2CC(C(C(=O)O)C2C(=O)O)C1C1C(=O)OC(=O)C1C. The number of cyclic esters (lactones) is 2. The van der Waals surface area contributed by atoms with Gasteiger partial charge in [0.05, 0.1) is 36.0 Å². The van der Waals surface area contributed by atoms with Gasteiger partial charge in [-0.2, -0.15) is 0 Å². The average molecular weight is 601 g/mol. The summed E-state index contributed by atoms with van der Waals surface area (Å²) < 4.78 is 10.8. The summed E-state index contributed by atoms with van der Waals surface area (Å²) in [5, 5.41) is 29.1. The van der Waals surface area contributed by atoms with Crippen molar-refractivity contribution in [2.24, 2.45) is 76.9 Å². The van der Waals surface area contributed by atoms with Crippen molar-refractivity contribution < 1.29 is 44.0 Å². The molecule has 4 bridgehead atoms. The lowest BCUT2D eigenvalue weighted by Crippen LogP contribution is -2.50. The van der Waals surface area contributed by atoms with Crippen LogP contribution in [0.4, 0.5) is 0 Å². The van der Waals surface area contributed by atoms with Gasteiger partial charge >= 0.3 is 23.9 Å². The standard InChI is InChI=1S/C27H36O9.6CH4/c1-10-14-7-13(8-15(14)12(3)35-6-4-5-28)18(10)20-16-9-17(23(25(31)32)22(16)24(29)30)21(20)19-11(2)26(33)36-27(19)34;;;;;;/h10-11,13-23,28H,3-9H2,1-2H3,(H,29,30)(H,31,32);6*1H4. The molecule has 5 aliphatic rings. The van der Waals surface area contributed by atoms with E-state index in [0.29, 0.717) is 31.3 Å². The van der Waals surface area contributed by atoms with Gasteiger partial charge in [0, 0.05) is 18.9 Å². The fraction of sp³-hybridized carbons (Fsp3) is 0.818. The fourth-order valence-electron chi connectivity index (χ4n) is 9.46. The van der Waals surface area contributed by atoms with Crippen LogP contribution in [0.15, 0.2) is 12.3 Å². The summed E-state index contributed by atoms with van der Waals surface area (Å²) in [4.78, 5) is 49.7. The minimum absolute atomic E-state index is 0. The van der Waals surface area contributed by atoms with E-state index in [2.05, 4.69) is 13.5 Å². The maximum Gasteiger partial charge on any atom is 0.317 e. The molecule has 42 heavy (non-hydrogen) atoms. The number of hydrogen-bond acceptors (Lipinski definition) is 7. The zero-order chi connectivity index (χ0) is 26.0. The minimum Gasteiger partial charge on any atom is -0.498 e. The maximum absolute atomic E-state index is 12.9. The molecular formula is C33H60O9. The number of carboxylic acid groups (broad SMARTS) is 2. The second-order valence-corrected chi connectivity index (χ2v) is 11.8. The molecule has 1 aliphatic heterocycles. The van der Waals surface area contributed by atoms with Crippen molar-refractivity contribution in [1.82, 2.24) is 0 Å². The molecule has 5 rings (SSSR count). The quantitative estimate of drug-likeness (QED) is 0.121. The van der Waals surface area contributed by atoms with Gasteiger partial charge in [-0.15, -0.1) is 0 Å². The molecule has 3 N–H and O–H groups in total. The van der Waals surface area contributed by atoms with E-state index in [9.17, 15) is 29.4 Å². The van der Waals surface area contributed by atoms with Gasteiger partial charge in [-0.3, -0.25) is 19.2 Å². The molecule has 0 amide bonds. The minimum atomic E-state index is -1.14. The smallest absolute Gasteiger partial charge is 0.317 e. The van der Waals surface area contributed by atoms with Crippen molar-refractivity contribution in [3.05, 3.63) is 12.3 Å². The molecule has 9 nitrogen and oxygen atoms in total. The third kappa shape index (κ3) is 6.13. The first-order valence-corrected chi connectivity index (χ1v) is 13.2.